The summed E-state index contributed by atoms with van der Waals surface area (Å²) in [6.45, 7) is 1.99. The van der Waals surface area contributed by atoms with Gasteiger partial charge in [-0.15, -0.1) is 0 Å². The van der Waals surface area contributed by atoms with Crippen molar-refractivity contribution in [2.75, 3.05) is 34.3 Å². The van der Waals surface area contributed by atoms with Gasteiger partial charge in [0.2, 0.25) is 0 Å². The van der Waals surface area contributed by atoms with Crippen LogP contribution in [-0.4, -0.2) is 72.0 Å². The zero-order valence-corrected chi connectivity index (χ0v) is 11.4. The molecule has 0 aliphatic rings. The molecule has 7 heteroatoms. The van der Waals surface area contributed by atoms with Gasteiger partial charge in [-0.3, -0.25) is 4.57 Å². The summed E-state index contributed by atoms with van der Waals surface area (Å²) in [4.78, 5) is 14.3. The first-order valence-electron chi connectivity index (χ1n) is 3.30. The first kappa shape index (κ1) is 15.4. The fraction of sp³-hybridized carbons (Fsp3) is 1.00. The maximum Gasteiger partial charge on any atom is 0.314 e. The molecule has 0 aromatic carbocycles. The average Bonchev–Trinajstić information content (AvgIpc) is 1.80. The summed E-state index contributed by atoms with van der Waals surface area (Å²) < 4.78 is 14.7. The second-order valence-corrected chi connectivity index (χ2v) is 4.53. The number of hydrogen-bond donors (Lipinski definition) is 2. The summed E-state index contributed by atoms with van der Waals surface area (Å²) >= 11 is 1.17. The summed E-state index contributed by atoms with van der Waals surface area (Å²) in [5.41, 5.74) is 0. The van der Waals surface area contributed by atoms with Gasteiger partial charge >= 0.3 is 73.5 Å². The molecule has 1 radical (unpaired) electrons. The third-order valence-electron chi connectivity index (χ3n) is 0.864. The number of nitrogens with zero attached hydrogens (tertiary/aromatic N) is 1. The van der Waals surface area contributed by atoms with Crippen molar-refractivity contribution in [1.29, 1.82) is 0 Å². The van der Waals surface area contributed by atoms with Crippen molar-refractivity contribution in [1.82, 2.24) is 0 Å². The summed E-state index contributed by atoms with van der Waals surface area (Å²) in [5, 5.41) is 0. The molecule has 0 aromatic heterocycles. The van der Waals surface area contributed by atoms with Gasteiger partial charge < -0.3 is 9.79 Å². The van der Waals surface area contributed by atoms with Crippen molar-refractivity contribution in [3.05, 3.63) is 0 Å². The molecule has 0 bridgehead atoms. The Morgan fingerprint density at radius 2 is 1.75 bits per heavy atom. The van der Waals surface area contributed by atoms with Crippen LogP contribution < -0.4 is 0 Å². The third-order valence-corrected chi connectivity index (χ3v) is 1.45. The molecule has 0 aliphatic heterocycles. The van der Waals surface area contributed by atoms with Gasteiger partial charge in [-0.05, 0) is 0 Å². The first-order valence-corrected chi connectivity index (χ1v) is 5.77. The second kappa shape index (κ2) is 8.48. The topological polar surface area (TPSA) is 66.8 Å². The summed E-state index contributed by atoms with van der Waals surface area (Å²) in [6.07, 6.45) is 0. The molecule has 2 N–H and O–H groups in total. The van der Waals surface area contributed by atoms with Crippen LogP contribution in [0.2, 0.25) is 0 Å². The van der Waals surface area contributed by atoms with E-state index in [1.807, 2.05) is 0 Å². The van der Waals surface area contributed by atoms with Gasteiger partial charge in [0.25, 0.3) is 0 Å². The van der Waals surface area contributed by atoms with E-state index in [-0.39, 0.29) is 0 Å². The van der Waals surface area contributed by atoms with Gasteiger partial charge in [0, 0.05) is 0 Å². The van der Waals surface area contributed by atoms with E-state index in [2.05, 4.69) is 21.1 Å². The van der Waals surface area contributed by atoms with Crippen LogP contribution in [0.25, 0.3) is 0 Å². The van der Waals surface area contributed by atoms with Crippen molar-refractivity contribution in [2.24, 2.45) is 0 Å². The number of quaternary nitrogens is 1. The van der Waals surface area contributed by atoms with E-state index in [0.29, 0.717) is 0 Å². The largest absolute Gasteiger partial charge is 0.326 e. The SMILES string of the molecule is C[N+](C)(C)CC[O][SbH].O=[PH](O)O. The molecule has 0 unspecified atom stereocenters. The summed E-state index contributed by atoms with van der Waals surface area (Å²) in [7, 11) is 3.36. The Morgan fingerprint density at radius 3 is 1.83 bits per heavy atom. The molecule has 0 aromatic rings. The van der Waals surface area contributed by atoms with Gasteiger partial charge in [-0.25, -0.2) is 0 Å². The molecule has 0 fully saturated rings. The first-order chi connectivity index (χ1) is 5.29. The maximum absolute atomic E-state index is 8.74. The standard InChI is InChI=1S/C5H13NO.H3O3P.Sb.H/c1-6(2,3)4-5-7;1-4(2)3;;/h4-5H2,1-3H3;4H,(H2,1,2,3);;/q;;+1;. The van der Waals surface area contributed by atoms with Crippen molar-refractivity contribution < 1.29 is 21.9 Å². The van der Waals surface area contributed by atoms with E-state index in [9.17, 15) is 0 Å². The second-order valence-electron chi connectivity index (χ2n) is 3.14. The van der Waals surface area contributed by atoms with E-state index < -0.39 is 8.25 Å². The molecule has 0 aliphatic carbocycles. The van der Waals surface area contributed by atoms with Crippen LogP contribution in [0.15, 0.2) is 0 Å². The normalized spacial score (nSPS) is 10.9. The Kier molecular flexibility index (Phi) is 10.9. The minimum atomic E-state index is -3.13. The smallest absolute Gasteiger partial charge is 0.314 e. The third kappa shape index (κ3) is 30.7. The van der Waals surface area contributed by atoms with Crippen LogP contribution in [0.5, 0.6) is 0 Å². The van der Waals surface area contributed by atoms with Crippen LogP contribution in [0.1, 0.15) is 0 Å². The molecular weight excluding hydrogens is 291 g/mol. The van der Waals surface area contributed by atoms with Crippen LogP contribution in [0.4, 0.5) is 0 Å². The van der Waals surface area contributed by atoms with Gasteiger partial charge in [-0.1, -0.05) is 0 Å². The molecule has 0 atom stereocenters. The van der Waals surface area contributed by atoms with Crippen LogP contribution in [-0.2, 0) is 7.58 Å². The summed E-state index contributed by atoms with van der Waals surface area (Å²) in [5.74, 6) is 0. The maximum atomic E-state index is 8.74. The summed E-state index contributed by atoms with van der Waals surface area (Å²) in [6, 6.07) is 0. The van der Waals surface area contributed by atoms with E-state index >= 15 is 0 Å². The Hall–Kier alpha value is 0.888. The van der Waals surface area contributed by atoms with E-state index in [1.54, 1.807) is 0 Å². The fourth-order valence-corrected chi connectivity index (χ4v) is 0.580. The van der Waals surface area contributed by atoms with E-state index in [1.165, 1.54) is 23.4 Å². The Bertz CT molecular complexity index is 123. The monoisotopic (exact) mass is 307 g/mol. The van der Waals surface area contributed by atoms with Gasteiger partial charge in [0.15, 0.2) is 0 Å². The van der Waals surface area contributed by atoms with Crippen LogP contribution in [0.3, 0.4) is 0 Å². The molecule has 5 nitrogen and oxygen atoms in total. The molecule has 75 valence electrons. The predicted molar refractivity (Wildman–Crippen MR) is 49.4 cm³/mol. The zero-order chi connectivity index (χ0) is 10.2. The number of hydrogen-bond acceptors (Lipinski definition) is 2. The van der Waals surface area contributed by atoms with Crippen molar-refractivity contribution in [3.8, 4) is 0 Å². The zero-order valence-electron chi connectivity index (χ0n) is 7.57. The van der Waals surface area contributed by atoms with Crippen molar-refractivity contribution in [2.45, 2.75) is 0 Å². The minimum Gasteiger partial charge on any atom is -0.326 e. The molecule has 12 heavy (non-hydrogen) atoms. The predicted octanol–water partition coefficient (Wildman–Crippen LogP) is -1.11. The Balaban J connectivity index is 0. The van der Waals surface area contributed by atoms with Gasteiger partial charge in [-0.2, -0.15) is 0 Å². The van der Waals surface area contributed by atoms with Gasteiger partial charge in [0.05, 0.1) is 0 Å². The Labute approximate surface area is 87.9 Å². The molecule has 0 saturated heterocycles. The van der Waals surface area contributed by atoms with Crippen LogP contribution in [0, 0.1) is 0 Å². The molecule has 0 amide bonds. The molecule has 0 rings (SSSR count). The van der Waals surface area contributed by atoms with Crippen molar-refractivity contribution in [3.63, 3.8) is 0 Å². The molecule has 0 heterocycles. The molecule has 0 saturated carbocycles. The van der Waals surface area contributed by atoms with Crippen molar-refractivity contribution >= 4 is 31.7 Å². The Morgan fingerprint density at radius 1 is 1.42 bits per heavy atom. The number of rotatable bonds is 3. The minimum absolute atomic E-state index is 0.891. The fourth-order valence-electron chi connectivity index (χ4n) is 0.320. The van der Waals surface area contributed by atoms with E-state index in [0.717, 1.165) is 17.6 Å². The van der Waals surface area contributed by atoms with E-state index in [4.69, 9.17) is 17.4 Å². The average molecular weight is 308 g/mol. The van der Waals surface area contributed by atoms with Gasteiger partial charge in [0.1, 0.15) is 0 Å². The quantitative estimate of drug-likeness (QED) is 0.394. The molecular formula is C5H17NO4PSb+. The van der Waals surface area contributed by atoms with Crippen LogP contribution >= 0.6 is 8.25 Å². The number of likely N-dealkylation sites (N-methyl/N-ethyl adjacent to an activating group) is 1. The molecule has 0 spiro atoms.